The maximum absolute atomic E-state index is 13.0. The van der Waals surface area contributed by atoms with Crippen molar-refractivity contribution in [3.8, 4) is 33.2 Å². The first-order chi connectivity index (χ1) is 35.4. The van der Waals surface area contributed by atoms with Crippen molar-refractivity contribution in [2.45, 2.75) is 123 Å². The SMILES string of the molecule is CCCCCCc1sc2c(sc3c(CCCCCC)c(-c4ccnc(/C([NH-])=C/C(=N)C(F)(F)F)c4)sc32)c1CCCCCC.O=C(O)c1ccnc(-c2cc(C(=O)O)cc(-c3cc(C(=O)O)ccn3)n2)c1.[N-]=C=S.[Ru+2]. The van der Waals surface area contributed by atoms with Crippen LogP contribution in [-0.4, -0.2) is 70.2 Å². The van der Waals surface area contributed by atoms with E-state index in [0.717, 1.165) is 36.1 Å². The number of nitrogens with one attached hydrogen (secondary N) is 2. The molecule has 0 radical (unpaired) electrons. The van der Waals surface area contributed by atoms with Gasteiger partial charge >= 0.3 is 43.6 Å². The second kappa shape index (κ2) is 30.0. The van der Waals surface area contributed by atoms with Gasteiger partial charge in [0.1, 0.15) is 5.71 Å². The van der Waals surface area contributed by atoms with Gasteiger partial charge in [-0.15, -0.1) is 39.7 Å². The van der Waals surface area contributed by atoms with Gasteiger partial charge in [-0.05, 0) is 110 Å². The number of nitrogens with zero attached hydrogens (tertiary/aromatic N) is 5. The Morgan fingerprint density at radius 3 is 1.60 bits per heavy atom. The molecule has 5 N–H and O–H groups in total. The average Bonchev–Trinajstić information content (AvgIpc) is 4.03. The van der Waals surface area contributed by atoms with Gasteiger partial charge in [0.2, 0.25) is 0 Å². The smallest absolute Gasteiger partial charge is 0.753 e. The number of rotatable bonds is 23. The van der Waals surface area contributed by atoms with Gasteiger partial charge in [-0.25, -0.2) is 19.4 Å². The largest absolute Gasteiger partial charge is 2.00 e. The van der Waals surface area contributed by atoms with Crippen molar-refractivity contribution in [1.82, 2.24) is 19.9 Å². The number of aromatic carboxylic acids is 3. The van der Waals surface area contributed by atoms with Gasteiger partial charge in [-0.2, -0.15) is 18.3 Å². The summed E-state index contributed by atoms with van der Waals surface area (Å²) in [6, 6.07) is 11.2. The Kier molecular flexibility index (Phi) is 24.6. The topological polar surface area (TPSA) is 233 Å². The number of alkyl halides is 3. The molecule has 7 aromatic heterocycles. The minimum Gasteiger partial charge on any atom is -0.753 e. The predicted molar refractivity (Wildman–Crippen MR) is 295 cm³/mol. The zero-order valence-electron chi connectivity index (χ0n) is 41.5. The van der Waals surface area contributed by atoms with E-state index in [9.17, 15) is 32.7 Å². The van der Waals surface area contributed by atoms with Crippen molar-refractivity contribution in [3.63, 3.8) is 0 Å². The number of carbonyl (C=O) groups is 3. The number of hydrogen-bond donors (Lipinski definition) is 4. The first-order valence-electron chi connectivity index (χ1n) is 24.2. The summed E-state index contributed by atoms with van der Waals surface area (Å²) in [5, 5.41) is 43.3. The summed E-state index contributed by atoms with van der Waals surface area (Å²) in [6.45, 7) is 6.73. The summed E-state index contributed by atoms with van der Waals surface area (Å²) in [5.41, 5.74) is 10.6. The van der Waals surface area contributed by atoms with Gasteiger partial charge in [0.05, 0.1) is 58.3 Å². The molecule has 0 aliphatic carbocycles. The van der Waals surface area contributed by atoms with E-state index in [1.54, 1.807) is 34.0 Å². The maximum atomic E-state index is 13.0. The summed E-state index contributed by atoms with van der Waals surface area (Å²) < 4.78 is 44.5. The number of aryl methyl sites for hydroxylation is 3. The Morgan fingerprint density at radius 2 is 1.11 bits per heavy atom. The third-order valence-corrected chi connectivity index (χ3v) is 16.0. The Balaban J connectivity index is 0.000000335. The molecule has 7 heterocycles. The normalized spacial score (nSPS) is 11.3. The first kappa shape index (κ1) is 61.6. The second-order valence-electron chi connectivity index (χ2n) is 17.2. The number of thiocarbonyl (C=S) groups is 1. The van der Waals surface area contributed by atoms with Crippen molar-refractivity contribution in [1.29, 1.82) is 5.41 Å². The number of thiophene rings is 3. The number of hydrogen-bond acceptors (Lipinski definition) is 12. The van der Waals surface area contributed by atoms with Gasteiger partial charge in [0.15, 0.2) is 0 Å². The van der Waals surface area contributed by atoms with Crippen LogP contribution in [-0.2, 0) is 38.7 Å². The third kappa shape index (κ3) is 17.0. The van der Waals surface area contributed by atoms with Crippen molar-refractivity contribution < 1.29 is 62.4 Å². The Morgan fingerprint density at radius 1 is 0.653 bits per heavy atom. The molecule has 0 amide bonds. The Hall–Kier alpha value is -5.95. The van der Waals surface area contributed by atoms with Gasteiger partial charge in [-0.1, -0.05) is 90.8 Å². The molecule has 0 unspecified atom stereocenters. The van der Waals surface area contributed by atoms with Crippen molar-refractivity contribution >= 4 is 99.5 Å². The zero-order chi connectivity index (χ0) is 54.0. The van der Waals surface area contributed by atoms with E-state index >= 15 is 0 Å². The number of fused-ring (bicyclic) bond motifs is 3. The Labute approximate surface area is 463 Å². The fraction of sp³-hybridized carbons (Fsp3) is 0.352. The number of unbranched alkanes of at least 4 members (excludes halogenated alkanes) is 9. The molecule has 0 aromatic carbocycles. The number of isothiocyanates is 1. The van der Waals surface area contributed by atoms with Crippen LogP contribution in [0.2, 0.25) is 0 Å². The summed E-state index contributed by atoms with van der Waals surface area (Å²) in [4.78, 5) is 53.0. The van der Waals surface area contributed by atoms with E-state index in [1.165, 1.54) is 149 Å². The van der Waals surface area contributed by atoms with E-state index in [4.69, 9.17) is 26.8 Å². The molecule has 0 saturated heterocycles. The minimum absolute atomic E-state index is 0. The molecule has 396 valence electrons. The van der Waals surface area contributed by atoms with Gasteiger partial charge in [0.25, 0.3) is 0 Å². The molecule has 21 heteroatoms. The molecule has 0 aliphatic rings. The summed E-state index contributed by atoms with van der Waals surface area (Å²) in [5.74, 6) is -3.56. The number of allylic oxidation sites excluding steroid dienone is 1. The molecule has 0 bridgehead atoms. The minimum atomic E-state index is -4.79. The maximum Gasteiger partial charge on any atom is 2.00 e. The zero-order valence-corrected chi connectivity index (χ0v) is 46.5. The van der Waals surface area contributed by atoms with Crippen LogP contribution in [0.25, 0.3) is 68.9 Å². The van der Waals surface area contributed by atoms with E-state index in [-0.39, 0.29) is 64.6 Å². The van der Waals surface area contributed by atoms with Crippen LogP contribution >= 0.6 is 46.2 Å². The summed E-state index contributed by atoms with van der Waals surface area (Å²) in [6.07, 6.45) is 17.8. The van der Waals surface area contributed by atoms with E-state index < -0.39 is 35.5 Å². The number of pyridine rings is 4. The monoisotopic (exact) mass is 1190 g/mol. The van der Waals surface area contributed by atoms with Gasteiger partial charge in [0, 0.05) is 34.0 Å². The van der Waals surface area contributed by atoms with E-state index in [1.807, 2.05) is 28.7 Å². The average molecular weight is 1190 g/mol. The summed E-state index contributed by atoms with van der Waals surface area (Å²) in [7, 11) is 0. The van der Waals surface area contributed by atoms with Crippen molar-refractivity contribution in [2.75, 3.05) is 0 Å². The van der Waals surface area contributed by atoms with Crippen LogP contribution in [0, 0.1) is 5.41 Å². The summed E-state index contributed by atoms with van der Waals surface area (Å²) >= 11 is 9.43. The molecule has 0 fully saturated rings. The van der Waals surface area contributed by atoms with Crippen LogP contribution in [0.5, 0.6) is 0 Å². The standard InChI is InChI=1S/C35H45F3N3S3.C18H11N3O6.CNS.Ru/c1-4-7-10-13-16-24-28(18-15-12-9-6-3)42-33-31(24)44-32-25(17-14-11-8-5-2)30(43-34(32)33)23-19-20-41-27(21-23)26(39)22-29(40)35(36,37)38;22-16(23)9-1-3-19-12(5-9)14-7-11(18(26)27)8-15(21-14)13-6-10(17(24)25)2-4-20-13;2-1-3;/h19-22,39-40H,4-18H2,1-3H3;1-8H,(H,22,23)(H,24,25)(H,26,27);;/q-1;;-1;+2/b26-22-,40-29?;;;. The molecule has 0 saturated carbocycles. The number of carboxylic acid groups (broad SMARTS) is 3. The van der Waals surface area contributed by atoms with Crippen LogP contribution < -0.4 is 0 Å². The van der Waals surface area contributed by atoms with E-state index in [2.05, 4.69) is 52.9 Å². The van der Waals surface area contributed by atoms with Crippen LogP contribution in [0.4, 0.5) is 13.2 Å². The molecular weight excluding hydrogens is 1130 g/mol. The van der Waals surface area contributed by atoms with Crippen LogP contribution in [0.1, 0.15) is 151 Å². The first-order valence-corrected chi connectivity index (χ1v) is 27.0. The molecule has 0 aliphatic heterocycles. The fourth-order valence-corrected chi connectivity index (χ4v) is 12.7. The quantitative estimate of drug-likeness (QED) is 0.0203. The molecule has 0 atom stereocenters. The molecule has 13 nitrogen and oxygen atoms in total. The van der Waals surface area contributed by atoms with Crippen LogP contribution in [0.3, 0.4) is 0 Å². The Bertz CT molecular complexity index is 3090. The number of aromatic nitrogens is 4. The molecule has 0 spiro atoms. The predicted octanol–water partition coefficient (Wildman–Crippen LogP) is 16.5. The molecular formula is C54H56F3N7O6RuS4. The third-order valence-electron chi connectivity index (χ3n) is 11.7. The van der Waals surface area contributed by atoms with Gasteiger partial charge < -0.3 is 26.5 Å². The van der Waals surface area contributed by atoms with E-state index in [0.29, 0.717) is 6.08 Å². The van der Waals surface area contributed by atoms with Gasteiger partial charge in [-0.3, -0.25) is 20.4 Å². The number of halogens is 3. The van der Waals surface area contributed by atoms with Crippen molar-refractivity contribution in [3.05, 3.63) is 123 Å². The fourth-order valence-electron chi connectivity index (χ4n) is 7.99. The molecule has 7 rings (SSSR count). The molecule has 7 aromatic rings. The van der Waals surface area contributed by atoms with Crippen LogP contribution in [0.15, 0.2) is 73.2 Å². The molecule has 75 heavy (non-hydrogen) atoms. The second-order valence-corrected chi connectivity index (χ2v) is 20.5. The van der Waals surface area contributed by atoms with Crippen molar-refractivity contribution in [2.24, 2.45) is 0 Å². The number of carboxylic acids is 3.